The summed E-state index contributed by atoms with van der Waals surface area (Å²) in [5.41, 5.74) is 6.89. The fourth-order valence-electron chi connectivity index (χ4n) is 1.90. The van der Waals surface area contributed by atoms with E-state index in [0.717, 1.165) is 32.5 Å². The average molecular weight is 250 g/mol. The minimum atomic E-state index is 0.626. The van der Waals surface area contributed by atoms with E-state index in [-0.39, 0.29) is 0 Å². The van der Waals surface area contributed by atoms with Crippen LogP contribution in [0.15, 0.2) is 30.3 Å². The van der Waals surface area contributed by atoms with Crippen LogP contribution in [0.25, 0.3) is 0 Å². The summed E-state index contributed by atoms with van der Waals surface area (Å²) in [6.07, 6.45) is 3.09. The van der Waals surface area contributed by atoms with Crippen LogP contribution in [0.4, 0.5) is 0 Å². The SMILES string of the molecule is CCCN(CCCC(N)=S)Cc1ccccc1. The van der Waals surface area contributed by atoms with Gasteiger partial charge in [0.1, 0.15) is 0 Å². The number of thiocarbonyl (C=S) groups is 1. The van der Waals surface area contributed by atoms with E-state index in [4.69, 9.17) is 18.0 Å². The van der Waals surface area contributed by atoms with Gasteiger partial charge in [-0.25, -0.2) is 0 Å². The number of hydrogen-bond donors (Lipinski definition) is 1. The molecule has 3 heteroatoms. The van der Waals surface area contributed by atoms with Gasteiger partial charge in [-0.3, -0.25) is 4.90 Å². The van der Waals surface area contributed by atoms with Crippen molar-refractivity contribution in [2.45, 2.75) is 32.7 Å². The minimum Gasteiger partial charge on any atom is -0.393 e. The molecule has 0 saturated carbocycles. The summed E-state index contributed by atoms with van der Waals surface area (Å²) in [6, 6.07) is 10.6. The number of hydrogen-bond acceptors (Lipinski definition) is 2. The van der Waals surface area contributed by atoms with E-state index in [2.05, 4.69) is 42.2 Å². The van der Waals surface area contributed by atoms with E-state index >= 15 is 0 Å². The molecule has 0 fully saturated rings. The van der Waals surface area contributed by atoms with Gasteiger partial charge >= 0.3 is 0 Å². The Kier molecular flexibility index (Phi) is 6.82. The van der Waals surface area contributed by atoms with Crippen LogP contribution in [0.2, 0.25) is 0 Å². The lowest BCUT2D eigenvalue weighted by molar-refractivity contribution is 0.264. The first-order chi connectivity index (χ1) is 8.22. The Morgan fingerprint density at radius 2 is 1.94 bits per heavy atom. The Balaban J connectivity index is 2.40. The smallest absolute Gasteiger partial charge is 0.0727 e. The monoisotopic (exact) mass is 250 g/mol. The van der Waals surface area contributed by atoms with Gasteiger partial charge in [-0.05, 0) is 37.9 Å². The van der Waals surface area contributed by atoms with E-state index in [9.17, 15) is 0 Å². The zero-order valence-electron chi connectivity index (χ0n) is 10.6. The highest BCUT2D eigenvalue weighted by Gasteiger charge is 2.04. The molecule has 2 N–H and O–H groups in total. The van der Waals surface area contributed by atoms with Crippen LogP contribution in [0.3, 0.4) is 0 Å². The number of rotatable bonds is 8. The molecule has 0 radical (unpaired) electrons. The summed E-state index contributed by atoms with van der Waals surface area (Å²) < 4.78 is 0. The molecule has 0 aliphatic heterocycles. The predicted octanol–water partition coefficient (Wildman–Crippen LogP) is 2.96. The van der Waals surface area contributed by atoms with Crippen molar-refractivity contribution in [2.24, 2.45) is 5.73 Å². The number of nitrogens with two attached hydrogens (primary N) is 1. The summed E-state index contributed by atoms with van der Waals surface area (Å²) in [5, 5.41) is 0. The summed E-state index contributed by atoms with van der Waals surface area (Å²) in [6.45, 7) is 5.43. The van der Waals surface area contributed by atoms with Crippen molar-refractivity contribution in [2.75, 3.05) is 13.1 Å². The third-order valence-corrected chi connectivity index (χ3v) is 2.89. The van der Waals surface area contributed by atoms with Crippen LogP contribution < -0.4 is 5.73 Å². The number of benzene rings is 1. The molecule has 0 amide bonds. The maximum Gasteiger partial charge on any atom is 0.0727 e. The van der Waals surface area contributed by atoms with Gasteiger partial charge in [0.15, 0.2) is 0 Å². The highest BCUT2D eigenvalue weighted by Crippen LogP contribution is 2.06. The largest absolute Gasteiger partial charge is 0.393 e. The molecule has 1 aromatic carbocycles. The van der Waals surface area contributed by atoms with Crippen molar-refractivity contribution in [3.8, 4) is 0 Å². The summed E-state index contributed by atoms with van der Waals surface area (Å²) in [5.74, 6) is 0. The van der Waals surface area contributed by atoms with E-state index in [0.29, 0.717) is 4.99 Å². The lowest BCUT2D eigenvalue weighted by Gasteiger charge is -2.21. The van der Waals surface area contributed by atoms with Gasteiger partial charge in [-0.15, -0.1) is 0 Å². The topological polar surface area (TPSA) is 29.3 Å². The van der Waals surface area contributed by atoms with E-state index in [1.165, 1.54) is 12.0 Å². The van der Waals surface area contributed by atoms with E-state index in [1.807, 2.05) is 0 Å². The summed E-state index contributed by atoms with van der Waals surface area (Å²) >= 11 is 4.90. The molecule has 94 valence electrons. The van der Waals surface area contributed by atoms with Crippen LogP contribution in [-0.2, 0) is 6.54 Å². The predicted molar refractivity (Wildman–Crippen MR) is 78.0 cm³/mol. The molecule has 0 heterocycles. The molecule has 1 aromatic rings. The fourth-order valence-corrected chi connectivity index (χ4v) is 2.05. The Bertz CT molecular complexity index is 324. The van der Waals surface area contributed by atoms with Crippen molar-refractivity contribution in [3.05, 3.63) is 35.9 Å². The van der Waals surface area contributed by atoms with Gasteiger partial charge in [0.05, 0.1) is 4.99 Å². The third-order valence-electron chi connectivity index (χ3n) is 2.69. The Morgan fingerprint density at radius 1 is 1.24 bits per heavy atom. The number of nitrogens with zero attached hydrogens (tertiary/aromatic N) is 1. The van der Waals surface area contributed by atoms with Gasteiger partial charge in [0, 0.05) is 6.54 Å². The quantitative estimate of drug-likeness (QED) is 0.719. The summed E-state index contributed by atoms with van der Waals surface area (Å²) in [4.78, 5) is 3.09. The van der Waals surface area contributed by atoms with Crippen molar-refractivity contribution in [1.29, 1.82) is 0 Å². The Morgan fingerprint density at radius 3 is 2.53 bits per heavy atom. The zero-order valence-corrected chi connectivity index (χ0v) is 11.4. The van der Waals surface area contributed by atoms with E-state index in [1.54, 1.807) is 0 Å². The molecule has 0 aromatic heterocycles. The maximum absolute atomic E-state index is 5.52. The normalized spacial score (nSPS) is 10.7. The van der Waals surface area contributed by atoms with Gasteiger partial charge in [0.2, 0.25) is 0 Å². The molecule has 0 bridgehead atoms. The summed E-state index contributed by atoms with van der Waals surface area (Å²) in [7, 11) is 0. The Labute approximate surface area is 110 Å². The lowest BCUT2D eigenvalue weighted by Crippen LogP contribution is -2.26. The molecule has 0 saturated heterocycles. The van der Waals surface area contributed by atoms with Crippen molar-refractivity contribution < 1.29 is 0 Å². The molecule has 0 spiro atoms. The molecular weight excluding hydrogens is 228 g/mol. The van der Waals surface area contributed by atoms with Gasteiger partial charge in [-0.1, -0.05) is 49.5 Å². The van der Waals surface area contributed by atoms with Crippen LogP contribution in [0, 0.1) is 0 Å². The van der Waals surface area contributed by atoms with Gasteiger partial charge in [-0.2, -0.15) is 0 Å². The molecule has 0 aliphatic carbocycles. The third kappa shape index (κ3) is 6.39. The maximum atomic E-state index is 5.52. The highest BCUT2D eigenvalue weighted by atomic mass is 32.1. The van der Waals surface area contributed by atoms with Crippen molar-refractivity contribution in [3.63, 3.8) is 0 Å². The molecular formula is C14H22N2S. The first kappa shape index (κ1) is 14.1. The molecule has 0 aliphatic rings. The van der Waals surface area contributed by atoms with E-state index < -0.39 is 0 Å². The fraction of sp³-hybridized carbons (Fsp3) is 0.500. The zero-order chi connectivity index (χ0) is 12.5. The highest BCUT2D eigenvalue weighted by molar-refractivity contribution is 7.80. The van der Waals surface area contributed by atoms with Crippen LogP contribution in [0.1, 0.15) is 31.7 Å². The molecule has 17 heavy (non-hydrogen) atoms. The molecule has 1 rings (SSSR count). The van der Waals surface area contributed by atoms with Crippen LogP contribution in [-0.4, -0.2) is 23.0 Å². The molecule has 0 unspecified atom stereocenters. The molecule has 0 atom stereocenters. The van der Waals surface area contributed by atoms with Crippen molar-refractivity contribution >= 4 is 17.2 Å². The second kappa shape index (κ2) is 8.20. The van der Waals surface area contributed by atoms with Crippen LogP contribution >= 0.6 is 12.2 Å². The van der Waals surface area contributed by atoms with Gasteiger partial charge < -0.3 is 5.73 Å². The van der Waals surface area contributed by atoms with Crippen molar-refractivity contribution in [1.82, 2.24) is 4.90 Å². The second-order valence-electron chi connectivity index (χ2n) is 4.33. The standard InChI is InChI=1S/C14H22N2S/c1-2-10-16(11-6-9-14(15)17)12-13-7-4-3-5-8-13/h3-5,7-8H,2,6,9-12H2,1H3,(H2,15,17). The first-order valence-electron chi connectivity index (χ1n) is 6.27. The van der Waals surface area contributed by atoms with Gasteiger partial charge in [0.25, 0.3) is 0 Å². The molecule has 2 nitrogen and oxygen atoms in total. The lowest BCUT2D eigenvalue weighted by atomic mass is 10.2. The second-order valence-corrected chi connectivity index (χ2v) is 4.86. The first-order valence-corrected chi connectivity index (χ1v) is 6.67. The minimum absolute atomic E-state index is 0.626. The van der Waals surface area contributed by atoms with Crippen LogP contribution in [0.5, 0.6) is 0 Å². The Hall–Kier alpha value is -0.930. The average Bonchev–Trinajstić information content (AvgIpc) is 2.30.